The molecule has 2 N–H and O–H groups in total. The zero-order valence-electron chi connectivity index (χ0n) is 26.3. The number of piperidine rings is 1. The number of hydrogen-bond acceptors (Lipinski definition) is 6. The number of ether oxygens (including phenoxy) is 4. The number of methoxy groups -OCH3 is 1. The number of carbonyl (C=O) groups excluding carboxylic acids is 1. The predicted molar refractivity (Wildman–Crippen MR) is 177 cm³/mol. The molecule has 3 unspecified atom stereocenters. The Morgan fingerprint density at radius 3 is 2.50 bits per heavy atom. The van der Waals surface area contributed by atoms with E-state index < -0.39 is 6.09 Å². The third-order valence-electron chi connectivity index (χ3n) is 8.57. The van der Waals surface area contributed by atoms with Crippen molar-refractivity contribution in [3.05, 3.63) is 88.4 Å². The Bertz CT molecular complexity index is 1450. The van der Waals surface area contributed by atoms with Crippen LogP contribution < -0.4 is 14.8 Å². The van der Waals surface area contributed by atoms with Gasteiger partial charge in [-0.2, -0.15) is 0 Å². The molecule has 1 fully saturated rings. The molecule has 246 valence electrons. The van der Waals surface area contributed by atoms with Crippen molar-refractivity contribution in [3.8, 4) is 11.5 Å². The number of rotatable bonds is 15. The van der Waals surface area contributed by atoms with E-state index in [2.05, 4.69) is 29.6 Å². The number of amides is 2. The summed E-state index contributed by atoms with van der Waals surface area (Å²) in [6.45, 7) is 2.47. The Morgan fingerprint density at radius 1 is 0.978 bits per heavy atom. The third-order valence-corrected chi connectivity index (χ3v) is 8.80. The molecule has 3 atom stereocenters. The van der Waals surface area contributed by atoms with Gasteiger partial charge < -0.3 is 34.3 Å². The third kappa shape index (κ3) is 9.37. The van der Waals surface area contributed by atoms with E-state index in [1.54, 1.807) is 13.2 Å². The van der Waals surface area contributed by atoms with Crippen LogP contribution in [0.4, 0.5) is 10.5 Å². The molecule has 0 aliphatic carbocycles. The van der Waals surface area contributed by atoms with Gasteiger partial charge in [0.2, 0.25) is 5.91 Å². The average molecular weight is 651 g/mol. The van der Waals surface area contributed by atoms with Crippen molar-refractivity contribution in [3.63, 3.8) is 0 Å². The fourth-order valence-electron chi connectivity index (χ4n) is 6.09. The molecule has 0 spiro atoms. The molecule has 1 saturated heterocycles. The standard InChI is InChI=1S/C36H43ClN2O7/c1-43-19-5-8-33(27-10-9-26-13-16-35(40)38-32(26)22-27)46-34-24-39(36(41)42)18-17-31(34)25-11-14-29(15-12-25)44-20-2-3-21-45-30-7-4-6-28(37)23-30/h4,6-7,9-12,14-15,22-23,31,33-34H,2-3,5,8,13,16-21,24H2,1H3,(H,38,40)(H,41,42). The van der Waals surface area contributed by atoms with Crippen molar-refractivity contribution >= 4 is 29.3 Å². The first kappa shape index (κ1) is 33.6. The Labute approximate surface area is 275 Å². The van der Waals surface area contributed by atoms with Gasteiger partial charge in [0.05, 0.1) is 32.0 Å². The Kier molecular flexibility index (Phi) is 12.2. The summed E-state index contributed by atoms with van der Waals surface area (Å²) in [6, 6.07) is 21.6. The van der Waals surface area contributed by atoms with Crippen LogP contribution in [0.25, 0.3) is 0 Å². The van der Waals surface area contributed by atoms with Crippen LogP contribution in [0.1, 0.15) is 67.2 Å². The first-order valence-corrected chi connectivity index (χ1v) is 16.4. The number of nitrogens with one attached hydrogen (secondary N) is 1. The fourth-order valence-corrected chi connectivity index (χ4v) is 6.27. The maximum absolute atomic E-state index is 12.1. The van der Waals surface area contributed by atoms with Gasteiger partial charge in [0, 0.05) is 43.3 Å². The smallest absolute Gasteiger partial charge is 0.407 e. The highest BCUT2D eigenvalue weighted by atomic mass is 35.5. The first-order chi connectivity index (χ1) is 22.4. The monoisotopic (exact) mass is 650 g/mol. The molecule has 3 aromatic rings. The second-order valence-corrected chi connectivity index (χ2v) is 12.3. The predicted octanol–water partition coefficient (Wildman–Crippen LogP) is 7.48. The molecule has 2 amide bonds. The van der Waals surface area contributed by atoms with Crippen LogP contribution in [0.15, 0.2) is 66.7 Å². The fraction of sp³-hybridized carbons (Fsp3) is 0.444. The van der Waals surface area contributed by atoms with Gasteiger partial charge in [-0.15, -0.1) is 0 Å². The summed E-state index contributed by atoms with van der Waals surface area (Å²) in [6.07, 6.45) is 3.45. The minimum atomic E-state index is -0.943. The van der Waals surface area contributed by atoms with Gasteiger partial charge in [-0.3, -0.25) is 4.79 Å². The number of aryl methyl sites for hydroxylation is 1. The summed E-state index contributed by atoms with van der Waals surface area (Å²) in [5.41, 5.74) is 3.99. The van der Waals surface area contributed by atoms with Gasteiger partial charge >= 0.3 is 6.09 Å². The van der Waals surface area contributed by atoms with Crippen molar-refractivity contribution < 1.29 is 33.6 Å². The number of anilines is 1. The topological polar surface area (TPSA) is 107 Å². The van der Waals surface area contributed by atoms with Crippen LogP contribution in [0.2, 0.25) is 5.02 Å². The molecule has 2 aliphatic heterocycles. The van der Waals surface area contributed by atoms with E-state index in [0.717, 1.165) is 53.1 Å². The second kappa shape index (κ2) is 16.7. The molecule has 0 saturated carbocycles. The number of likely N-dealkylation sites (tertiary alicyclic amines) is 1. The normalized spacial score (nSPS) is 18.4. The quantitative estimate of drug-likeness (QED) is 0.164. The number of benzene rings is 3. The summed E-state index contributed by atoms with van der Waals surface area (Å²) in [7, 11) is 1.68. The molecule has 9 nitrogen and oxygen atoms in total. The number of fused-ring (bicyclic) bond motifs is 1. The molecule has 2 heterocycles. The molecule has 46 heavy (non-hydrogen) atoms. The molecule has 0 aromatic heterocycles. The molecule has 3 aromatic carbocycles. The van der Waals surface area contributed by atoms with Crippen molar-refractivity contribution in [1.29, 1.82) is 0 Å². The van der Waals surface area contributed by atoms with E-state index in [9.17, 15) is 14.7 Å². The van der Waals surface area contributed by atoms with Gasteiger partial charge in [-0.05, 0) is 91.6 Å². The Balaban J connectivity index is 1.22. The van der Waals surface area contributed by atoms with Crippen LogP contribution in [-0.2, 0) is 20.7 Å². The maximum atomic E-state index is 12.1. The highest BCUT2D eigenvalue weighted by Crippen LogP contribution is 2.37. The van der Waals surface area contributed by atoms with Crippen LogP contribution >= 0.6 is 11.6 Å². The zero-order valence-corrected chi connectivity index (χ0v) is 27.0. The van der Waals surface area contributed by atoms with Gasteiger partial charge in [-0.1, -0.05) is 41.9 Å². The van der Waals surface area contributed by atoms with Crippen LogP contribution in [0, 0.1) is 0 Å². The number of halogens is 1. The highest BCUT2D eigenvalue weighted by molar-refractivity contribution is 6.30. The number of carboxylic acid groups (broad SMARTS) is 1. The van der Waals surface area contributed by atoms with Gasteiger partial charge in [0.25, 0.3) is 0 Å². The zero-order chi connectivity index (χ0) is 32.3. The van der Waals surface area contributed by atoms with E-state index in [4.69, 9.17) is 30.5 Å². The Hall–Kier alpha value is -3.79. The van der Waals surface area contributed by atoms with Crippen LogP contribution in [0.3, 0.4) is 0 Å². The second-order valence-electron chi connectivity index (χ2n) is 11.8. The lowest BCUT2D eigenvalue weighted by Crippen LogP contribution is -2.46. The summed E-state index contributed by atoms with van der Waals surface area (Å²) < 4.78 is 23.9. The Morgan fingerprint density at radius 2 is 1.76 bits per heavy atom. The minimum Gasteiger partial charge on any atom is -0.494 e. The lowest BCUT2D eigenvalue weighted by Gasteiger charge is -2.39. The molecule has 0 bridgehead atoms. The van der Waals surface area contributed by atoms with Crippen LogP contribution in [-0.4, -0.2) is 68.1 Å². The van der Waals surface area contributed by atoms with Crippen LogP contribution in [0.5, 0.6) is 11.5 Å². The molecular weight excluding hydrogens is 608 g/mol. The number of hydrogen-bond donors (Lipinski definition) is 2. The largest absolute Gasteiger partial charge is 0.494 e. The summed E-state index contributed by atoms with van der Waals surface area (Å²) in [5.74, 6) is 1.57. The van der Waals surface area contributed by atoms with Gasteiger partial charge in [-0.25, -0.2) is 4.79 Å². The van der Waals surface area contributed by atoms with Gasteiger partial charge in [0.1, 0.15) is 11.5 Å². The first-order valence-electron chi connectivity index (χ1n) is 16.1. The van der Waals surface area contributed by atoms with Crippen molar-refractivity contribution in [1.82, 2.24) is 4.90 Å². The SMILES string of the molecule is COCCCC(OC1CN(C(=O)O)CCC1c1ccc(OCCCCOc2cccc(Cl)c2)cc1)c1ccc2c(c1)NC(=O)CC2. The van der Waals surface area contributed by atoms with Crippen molar-refractivity contribution in [2.45, 2.75) is 63.1 Å². The molecular formula is C36H43ClN2O7. The van der Waals surface area contributed by atoms with E-state index >= 15 is 0 Å². The van der Waals surface area contributed by atoms with E-state index in [1.165, 1.54) is 4.90 Å². The van der Waals surface area contributed by atoms with Crippen molar-refractivity contribution in [2.24, 2.45) is 0 Å². The number of unbranched alkanes of at least 4 members (excludes halogenated alkanes) is 1. The molecule has 0 radical (unpaired) electrons. The van der Waals surface area contributed by atoms with Gasteiger partial charge in [0.15, 0.2) is 0 Å². The van der Waals surface area contributed by atoms with E-state index in [0.29, 0.717) is 57.1 Å². The van der Waals surface area contributed by atoms with E-state index in [1.807, 2.05) is 36.4 Å². The highest BCUT2D eigenvalue weighted by Gasteiger charge is 2.35. The number of carbonyl (C=O) groups is 2. The van der Waals surface area contributed by atoms with Crippen molar-refractivity contribution in [2.75, 3.05) is 45.3 Å². The molecule has 2 aliphatic rings. The number of nitrogens with zero attached hydrogens (tertiary/aromatic N) is 1. The molecule has 5 rings (SSSR count). The lowest BCUT2D eigenvalue weighted by molar-refractivity contribution is -0.116. The summed E-state index contributed by atoms with van der Waals surface area (Å²) in [5, 5.41) is 13.5. The summed E-state index contributed by atoms with van der Waals surface area (Å²) in [4.78, 5) is 25.5. The average Bonchev–Trinajstić information content (AvgIpc) is 3.06. The van der Waals surface area contributed by atoms with E-state index in [-0.39, 0.29) is 30.6 Å². The summed E-state index contributed by atoms with van der Waals surface area (Å²) >= 11 is 6.01. The maximum Gasteiger partial charge on any atom is 0.407 e. The molecule has 10 heteroatoms. The minimum absolute atomic E-state index is 0.00976. The lowest BCUT2D eigenvalue weighted by atomic mass is 9.86.